The predicted molar refractivity (Wildman–Crippen MR) is 73.2 cm³/mol. The Hall–Kier alpha value is -2.13. The number of carbonyl (C=O) groups excluding carboxylic acids is 1. The third-order valence-corrected chi connectivity index (χ3v) is 4.06. The van der Waals surface area contributed by atoms with E-state index in [0.717, 1.165) is 17.7 Å². The van der Waals surface area contributed by atoms with Crippen LogP contribution in [0.2, 0.25) is 0 Å². The van der Waals surface area contributed by atoms with Crippen LogP contribution in [-0.2, 0) is 6.18 Å². The van der Waals surface area contributed by atoms with E-state index in [-0.39, 0.29) is 5.56 Å². The van der Waals surface area contributed by atoms with Gasteiger partial charge in [0.25, 0.3) is 0 Å². The number of halogens is 3. The van der Waals surface area contributed by atoms with E-state index in [4.69, 9.17) is 0 Å². The molecule has 1 atom stereocenters. The van der Waals surface area contributed by atoms with E-state index >= 15 is 0 Å². The van der Waals surface area contributed by atoms with Crippen LogP contribution in [-0.4, -0.2) is 5.78 Å². The summed E-state index contributed by atoms with van der Waals surface area (Å²) in [5.41, 5.74) is -0.0849. The van der Waals surface area contributed by atoms with Crippen LogP contribution < -0.4 is 0 Å². The van der Waals surface area contributed by atoms with Crippen LogP contribution in [0.3, 0.4) is 0 Å². The van der Waals surface area contributed by atoms with E-state index in [0.29, 0.717) is 4.88 Å². The van der Waals surface area contributed by atoms with Gasteiger partial charge >= 0.3 is 6.18 Å². The van der Waals surface area contributed by atoms with Crippen molar-refractivity contribution in [1.29, 1.82) is 5.26 Å². The summed E-state index contributed by atoms with van der Waals surface area (Å²) in [6.45, 7) is 1.73. The average molecular weight is 309 g/mol. The Labute approximate surface area is 123 Å². The zero-order valence-corrected chi connectivity index (χ0v) is 11.8. The van der Waals surface area contributed by atoms with Crippen LogP contribution in [0.25, 0.3) is 0 Å². The van der Waals surface area contributed by atoms with Gasteiger partial charge in [0.05, 0.1) is 16.5 Å². The van der Waals surface area contributed by atoms with E-state index in [1.54, 1.807) is 24.4 Å². The van der Waals surface area contributed by atoms with Crippen LogP contribution in [0.4, 0.5) is 13.2 Å². The van der Waals surface area contributed by atoms with Gasteiger partial charge in [-0.05, 0) is 35.6 Å². The summed E-state index contributed by atoms with van der Waals surface area (Å²) >= 11 is 1.18. The lowest BCUT2D eigenvalue weighted by molar-refractivity contribution is -0.137. The highest BCUT2D eigenvalue weighted by molar-refractivity contribution is 7.12. The molecule has 2 nitrogen and oxygen atoms in total. The van der Waals surface area contributed by atoms with Gasteiger partial charge in [0.1, 0.15) is 5.92 Å². The second-order valence-corrected chi connectivity index (χ2v) is 5.40. The first-order valence-electron chi connectivity index (χ1n) is 5.99. The molecule has 0 N–H and O–H groups in total. The minimum Gasteiger partial charge on any atom is -0.291 e. The summed E-state index contributed by atoms with van der Waals surface area (Å²) in [6, 6.07) is 7.88. The van der Waals surface area contributed by atoms with Crippen LogP contribution >= 0.6 is 11.3 Å². The molecule has 21 heavy (non-hydrogen) atoms. The fraction of sp³-hybridized carbons (Fsp3) is 0.200. The van der Waals surface area contributed by atoms with Gasteiger partial charge in [-0.25, -0.2) is 0 Å². The number of alkyl halides is 3. The highest BCUT2D eigenvalue weighted by Crippen LogP contribution is 2.32. The van der Waals surface area contributed by atoms with Gasteiger partial charge in [0, 0.05) is 0 Å². The Morgan fingerprint density at radius 3 is 2.57 bits per heavy atom. The second-order valence-electron chi connectivity index (χ2n) is 4.48. The first-order chi connectivity index (χ1) is 9.84. The first kappa shape index (κ1) is 15.3. The number of hydrogen-bond donors (Lipinski definition) is 0. The summed E-state index contributed by atoms with van der Waals surface area (Å²) in [6.07, 6.45) is -4.50. The highest BCUT2D eigenvalue weighted by Gasteiger charge is 2.32. The van der Waals surface area contributed by atoms with Gasteiger partial charge in [-0.3, -0.25) is 4.79 Å². The first-order valence-corrected chi connectivity index (χ1v) is 6.87. The van der Waals surface area contributed by atoms with Gasteiger partial charge in [0.2, 0.25) is 0 Å². The maximum Gasteiger partial charge on any atom is 0.416 e. The maximum atomic E-state index is 12.7. The number of hydrogen-bond acceptors (Lipinski definition) is 3. The van der Waals surface area contributed by atoms with Crippen molar-refractivity contribution < 1.29 is 18.0 Å². The third-order valence-electron chi connectivity index (χ3n) is 3.02. The summed E-state index contributed by atoms with van der Waals surface area (Å²) in [5.74, 6) is -1.70. The zero-order chi connectivity index (χ0) is 15.6. The average Bonchev–Trinajstić information content (AvgIpc) is 2.85. The van der Waals surface area contributed by atoms with Gasteiger partial charge in [0.15, 0.2) is 5.78 Å². The number of aryl methyl sites for hydroxylation is 1. The Kier molecular flexibility index (Phi) is 4.14. The fourth-order valence-corrected chi connectivity index (χ4v) is 2.83. The molecule has 0 bridgehead atoms. The molecule has 0 saturated heterocycles. The maximum absolute atomic E-state index is 12.7. The van der Waals surface area contributed by atoms with Crippen molar-refractivity contribution in [3.63, 3.8) is 0 Å². The second kappa shape index (κ2) is 5.70. The Morgan fingerprint density at radius 2 is 2.05 bits per heavy atom. The van der Waals surface area contributed by atoms with Crippen molar-refractivity contribution in [1.82, 2.24) is 0 Å². The van der Waals surface area contributed by atoms with Crippen molar-refractivity contribution in [3.05, 3.63) is 57.3 Å². The lowest BCUT2D eigenvalue weighted by atomic mass is 9.93. The molecule has 0 fully saturated rings. The molecule has 0 aliphatic rings. The van der Waals surface area contributed by atoms with Crippen molar-refractivity contribution in [2.75, 3.05) is 0 Å². The fourth-order valence-electron chi connectivity index (χ4n) is 1.94. The van der Waals surface area contributed by atoms with Gasteiger partial charge in [-0.1, -0.05) is 18.2 Å². The SMILES string of the molecule is Cc1ccsc1C(=O)C(C#N)c1cccc(C(F)(F)F)c1. The van der Waals surface area contributed by atoms with Crippen LogP contribution in [0, 0.1) is 18.3 Å². The van der Waals surface area contributed by atoms with E-state index in [9.17, 15) is 23.2 Å². The van der Waals surface area contributed by atoms with Gasteiger partial charge in [-0.2, -0.15) is 18.4 Å². The van der Waals surface area contributed by atoms with E-state index in [1.807, 2.05) is 0 Å². The lowest BCUT2D eigenvalue weighted by Crippen LogP contribution is -2.13. The number of ketones is 1. The summed E-state index contributed by atoms with van der Waals surface area (Å²) in [4.78, 5) is 12.7. The smallest absolute Gasteiger partial charge is 0.291 e. The molecule has 0 radical (unpaired) electrons. The Balaban J connectivity index is 2.42. The molecule has 0 amide bonds. The molecule has 1 aromatic carbocycles. The third kappa shape index (κ3) is 3.14. The van der Waals surface area contributed by atoms with Crippen molar-refractivity contribution in [3.8, 4) is 6.07 Å². The summed E-state index contributed by atoms with van der Waals surface area (Å²) < 4.78 is 38.1. The van der Waals surface area contributed by atoms with Crippen molar-refractivity contribution in [2.45, 2.75) is 19.0 Å². The molecule has 6 heteroatoms. The molecule has 1 aromatic heterocycles. The minimum absolute atomic E-state index is 0.0603. The summed E-state index contributed by atoms with van der Waals surface area (Å²) in [5, 5.41) is 10.9. The molecule has 2 rings (SSSR count). The quantitative estimate of drug-likeness (QED) is 0.780. The number of thiophene rings is 1. The minimum atomic E-state index is -4.50. The molecule has 0 aliphatic heterocycles. The van der Waals surface area contributed by atoms with Crippen LogP contribution in [0.1, 0.15) is 32.3 Å². The highest BCUT2D eigenvalue weighted by atomic mass is 32.1. The monoisotopic (exact) mass is 309 g/mol. The normalized spacial score (nSPS) is 12.7. The van der Waals surface area contributed by atoms with E-state index in [2.05, 4.69) is 0 Å². The topological polar surface area (TPSA) is 40.9 Å². The van der Waals surface area contributed by atoms with E-state index in [1.165, 1.54) is 23.5 Å². The number of Topliss-reactive ketones (excluding diaryl/α,β-unsaturated/α-hetero) is 1. The van der Waals surface area contributed by atoms with Gasteiger partial charge in [-0.15, -0.1) is 11.3 Å². The number of nitrogens with zero attached hydrogens (tertiary/aromatic N) is 1. The number of carbonyl (C=O) groups is 1. The molecule has 1 heterocycles. The molecular formula is C15H10F3NOS. The van der Waals surface area contributed by atoms with E-state index < -0.39 is 23.4 Å². The largest absolute Gasteiger partial charge is 0.416 e. The predicted octanol–water partition coefficient (Wildman–Crippen LogP) is 4.57. The number of rotatable bonds is 3. The number of nitriles is 1. The molecule has 0 spiro atoms. The molecular weight excluding hydrogens is 299 g/mol. The zero-order valence-electron chi connectivity index (χ0n) is 10.9. The van der Waals surface area contributed by atoms with Crippen molar-refractivity contribution >= 4 is 17.1 Å². The van der Waals surface area contributed by atoms with Crippen LogP contribution in [0.5, 0.6) is 0 Å². The van der Waals surface area contributed by atoms with Crippen LogP contribution in [0.15, 0.2) is 35.7 Å². The Morgan fingerprint density at radius 1 is 1.33 bits per heavy atom. The van der Waals surface area contributed by atoms with Crippen molar-refractivity contribution in [2.24, 2.45) is 0 Å². The molecule has 1 unspecified atom stereocenters. The van der Waals surface area contributed by atoms with Gasteiger partial charge < -0.3 is 0 Å². The Bertz CT molecular complexity index is 712. The standard InChI is InChI=1S/C15H10F3NOS/c1-9-5-6-21-14(9)13(20)12(8-19)10-3-2-4-11(7-10)15(16,17)18/h2-7,12H,1H3. The summed E-state index contributed by atoms with van der Waals surface area (Å²) in [7, 11) is 0. The molecule has 108 valence electrons. The molecule has 2 aromatic rings. The number of benzene rings is 1. The molecule has 0 aliphatic carbocycles. The lowest BCUT2D eigenvalue weighted by Gasteiger charge is -2.12. The molecule has 0 saturated carbocycles.